The van der Waals surface area contributed by atoms with E-state index < -0.39 is 27.5 Å². The molecule has 19 heavy (non-hydrogen) atoms. The summed E-state index contributed by atoms with van der Waals surface area (Å²) in [5, 5.41) is 0. The van der Waals surface area contributed by atoms with Crippen LogP contribution in [-0.2, 0) is 10.2 Å². The molecule has 0 spiro atoms. The van der Waals surface area contributed by atoms with E-state index >= 15 is 0 Å². The Hall–Kier alpha value is -1.25. The molecule has 0 bridgehead atoms. The number of aryl methyl sites for hydroxylation is 1. The molecular formula is C11H17F2N3O2S. The normalized spacial score (nSPS) is 11.9. The van der Waals surface area contributed by atoms with Gasteiger partial charge in [-0.25, -0.2) is 8.78 Å². The van der Waals surface area contributed by atoms with E-state index in [1.807, 2.05) is 4.72 Å². The Morgan fingerprint density at radius 1 is 1.32 bits per heavy atom. The molecular weight excluding hydrogens is 276 g/mol. The Morgan fingerprint density at radius 2 is 1.95 bits per heavy atom. The highest BCUT2D eigenvalue weighted by Gasteiger charge is 2.19. The van der Waals surface area contributed by atoms with Crippen LogP contribution >= 0.6 is 0 Å². The minimum absolute atomic E-state index is 0.108. The second-order valence-electron chi connectivity index (χ2n) is 4.15. The molecule has 0 saturated heterocycles. The SMILES string of the molecule is Cc1cc(F)c(NS(=O)(=O)N(C)CCCN)cc1F. The van der Waals surface area contributed by atoms with Crippen molar-refractivity contribution in [1.82, 2.24) is 4.31 Å². The van der Waals surface area contributed by atoms with Gasteiger partial charge in [-0.3, -0.25) is 4.72 Å². The van der Waals surface area contributed by atoms with Gasteiger partial charge in [0.2, 0.25) is 0 Å². The summed E-state index contributed by atoms with van der Waals surface area (Å²) in [6.45, 7) is 1.93. The molecule has 0 saturated carbocycles. The van der Waals surface area contributed by atoms with Crippen LogP contribution < -0.4 is 10.5 Å². The summed E-state index contributed by atoms with van der Waals surface area (Å²) in [6, 6.07) is 1.76. The van der Waals surface area contributed by atoms with E-state index in [9.17, 15) is 17.2 Å². The number of hydrogen-bond donors (Lipinski definition) is 2. The van der Waals surface area contributed by atoms with Crippen molar-refractivity contribution in [3.63, 3.8) is 0 Å². The summed E-state index contributed by atoms with van der Waals surface area (Å²) in [5.41, 5.74) is 4.98. The van der Waals surface area contributed by atoms with Gasteiger partial charge in [0, 0.05) is 19.7 Å². The van der Waals surface area contributed by atoms with Crippen molar-refractivity contribution in [3.05, 3.63) is 29.3 Å². The second kappa shape index (κ2) is 6.27. The monoisotopic (exact) mass is 293 g/mol. The zero-order valence-corrected chi connectivity index (χ0v) is 11.6. The van der Waals surface area contributed by atoms with Crippen LogP contribution in [0.25, 0.3) is 0 Å². The first-order valence-electron chi connectivity index (χ1n) is 5.67. The minimum atomic E-state index is -3.92. The fraction of sp³-hybridized carbons (Fsp3) is 0.455. The van der Waals surface area contributed by atoms with E-state index in [0.29, 0.717) is 13.0 Å². The number of nitrogens with one attached hydrogen (secondary N) is 1. The molecule has 0 atom stereocenters. The molecule has 0 aliphatic rings. The molecule has 1 rings (SSSR count). The average molecular weight is 293 g/mol. The Kier molecular flexibility index (Phi) is 5.21. The van der Waals surface area contributed by atoms with Crippen LogP contribution in [0.5, 0.6) is 0 Å². The Balaban J connectivity index is 2.92. The van der Waals surface area contributed by atoms with Gasteiger partial charge in [-0.15, -0.1) is 0 Å². The number of benzene rings is 1. The molecule has 0 radical (unpaired) electrons. The van der Waals surface area contributed by atoms with Crippen LogP contribution in [0.1, 0.15) is 12.0 Å². The predicted molar refractivity (Wildman–Crippen MR) is 69.9 cm³/mol. The highest BCUT2D eigenvalue weighted by molar-refractivity contribution is 7.90. The molecule has 0 aliphatic heterocycles. The average Bonchev–Trinajstić information content (AvgIpc) is 2.32. The fourth-order valence-electron chi connectivity index (χ4n) is 1.38. The maximum atomic E-state index is 13.5. The van der Waals surface area contributed by atoms with Gasteiger partial charge in [0.25, 0.3) is 0 Å². The number of rotatable bonds is 6. The third-order valence-electron chi connectivity index (χ3n) is 2.57. The van der Waals surface area contributed by atoms with E-state index in [1.54, 1.807) is 0 Å². The predicted octanol–water partition coefficient (Wildman–Crippen LogP) is 1.21. The molecule has 108 valence electrons. The first-order chi connectivity index (χ1) is 8.77. The van der Waals surface area contributed by atoms with E-state index in [2.05, 4.69) is 0 Å². The van der Waals surface area contributed by atoms with Crippen molar-refractivity contribution in [2.75, 3.05) is 24.9 Å². The van der Waals surface area contributed by atoms with Gasteiger partial charge in [-0.05, 0) is 31.5 Å². The lowest BCUT2D eigenvalue weighted by molar-refractivity contribution is 0.468. The number of halogens is 2. The molecule has 8 heteroatoms. The van der Waals surface area contributed by atoms with Crippen LogP contribution in [0.3, 0.4) is 0 Å². The van der Waals surface area contributed by atoms with E-state index in [0.717, 1.165) is 16.4 Å². The van der Waals surface area contributed by atoms with Gasteiger partial charge in [-0.2, -0.15) is 12.7 Å². The number of nitrogens with two attached hydrogens (primary N) is 1. The largest absolute Gasteiger partial charge is 0.330 e. The summed E-state index contributed by atoms with van der Waals surface area (Å²) < 4.78 is 53.5. The highest BCUT2D eigenvalue weighted by Crippen LogP contribution is 2.20. The van der Waals surface area contributed by atoms with Gasteiger partial charge in [0.05, 0.1) is 5.69 Å². The molecule has 0 heterocycles. The van der Waals surface area contributed by atoms with Crippen molar-refractivity contribution >= 4 is 15.9 Å². The Bertz CT molecular complexity index is 549. The summed E-state index contributed by atoms with van der Waals surface area (Å²) in [7, 11) is -2.58. The summed E-state index contributed by atoms with van der Waals surface area (Å²) in [6.07, 6.45) is 0.474. The standard InChI is InChI=1S/C11H17F2N3O2S/c1-8-6-10(13)11(7-9(8)12)15-19(17,18)16(2)5-3-4-14/h6-7,15H,3-5,14H2,1-2H3. The zero-order valence-electron chi connectivity index (χ0n) is 10.8. The van der Waals surface area contributed by atoms with Gasteiger partial charge in [-0.1, -0.05) is 0 Å². The Labute approximate surface area is 111 Å². The molecule has 0 aromatic heterocycles. The first-order valence-corrected chi connectivity index (χ1v) is 7.11. The lowest BCUT2D eigenvalue weighted by Crippen LogP contribution is -2.34. The molecule has 5 nitrogen and oxygen atoms in total. The van der Waals surface area contributed by atoms with Crippen molar-refractivity contribution in [2.45, 2.75) is 13.3 Å². The third-order valence-corrected chi connectivity index (χ3v) is 4.06. The Morgan fingerprint density at radius 3 is 2.53 bits per heavy atom. The van der Waals surface area contributed by atoms with Crippen molar-refractivity contribution < 1.29 is 17.2 Å². The van der Waals surface area contributed by atoms with Gasteiger partial charge < -0.3 is 5.73 Å². The summed E-state index contributed by atoms with van der Waals surface area (Å²) in [5.74, 6) is -1.50. The third kappa shape index (κ3) is 4.12. The highest BCUT2D eigenvalue weighted by atomic mass is 32.2. The van der Waals surface area contributed by atoms with Gasteiger partial charge in [0.1, 0.15) is 11.6 Å². The number of anilines is 1. The van der Waals surface area contributed by atoms with Crippen LogP contribution in [0, 0.1) is 18.6 Å². The van der Waals surface area contributed by atoms with E-state index in [1.165, 1.54) is 14.0 Å². The number of hydrogen-bond acceptors (Lipinski definition) is 3. The lowest BCUT2D eigenvalue weighted by Gasteiger charge is -2.18. The molecule has 1 aromatic rings. The minimum Gasteiger partial charge on any atom is -0.330 e. The van der Waals surface area contributed by atoms with Crippen LogP contribution in [0.15, 0.2) is 12.1 Å². The maximum absolute atomic E-state index is 13.5. The number of nitrogens with zero attached hydrogens (tertiary/aromatic N) is 1. The van der Waals surface area contributed by atoms with Crippen molar-refractivity contribution in [2.24, 2.45) is 5.73 Å². The van der Waals surface area contributed by atoms with Crippen molar-refractivity contribution in [1.29, 1.82) is 0 Å². The molecule has 0 aliphatic carbocycles. The zero-order chi connectivity index (χ0) is 14.6. The van der Waals surface area contributed by atoms with Crippen LogP contribution in [0.4, 0.5) is 14.5 Å². The maximum Gasteiger partial charge on any atom is 0.301 e. The summed E-state index contributed by atoms with van der Waals surface area (Å²) >= 11 is 0. The lowest BCUT2D eigenvalue weighted by atomic mass is 10.2. The molecule has 0 unspecified atom stereocenters. The van der Waals surface area contributed by atoms with Crippen molar-refractivity contribution in [3.8, 4) is 0 Å². The first kappa shape index (κ1) is 15.8. The fourth-order valence-corrected chi connectivity index (χ4v) is 2.34. The molecule has 0 fully saturated rings. The van der Waals surface area contributed by atoms with Crippen LogP contribution in [-0.4, -0.2) is 32.9 Å². The smallest absolute Gasteiger partial charge is 0.301 e. The van der Waals surface area contributed by atoms with E-state index in [-0.39, 0.29) is 12.1 Å². The summed E-state index contributed by atoms with van der Waals surface area (Å²) in [4.78, 5) is 0. The second-order valence-corrected chi connectivity index (χ2v) is 5.93. The molecule has 0 amide bonds. The molecule has 1 aromatic carbocycles. The topological polar surface area (TPSA) is 75.4 Å². The molecule has 3 N–H and O–H groups in total. The van der Waals surface area contributed by atoms with Gasteiger partial charge >= 0.3 is 10.2 Å². The quantitative estimate of drug-likeness (QED) is 0.828. The van der Waals surface area contributed by atoms with Gasteiger partial charge in [0.15, 0.2) is 0 Å². The van der Waals surface area contributed by atoms with Crippen LogP contribution in [0.2, 0.25) is 0 Å². The van der Waals surface area contributed by atoms with E-state index in [4.69, 9.17) is 5.73 Å².